The molecule has 0 aliphatic carbocycles. The fourth-order valence-corrected chi connectivity index (χ4v) is 1.53. The van der Waals surface area contributed by atoms with Crippen LogP contribution in [0.2, 0.25) is 0 Å². The van der Waals surface area contributed by atoms with Gasteiger partial charge in [-0.1, -0.05) is 0 Å². The Morgan fingerprint density at radius 3 is 2.80 bits per heavy atom. The molecule has 1 aliphatic rings. The van der Waals surface area contributed by atoms with E-state index in [0.29, 0.717) is 11.6 Å². The van der Waals surface area contributed by atoms with Gasteiger partial charge in [0.15, 0.2) is 0 Å². The Hall–Kier alpha value is -0.780. The van der Waals surface area contributed by atoms with Gasteiger partial charge in [-0.2, -0.15) is 5.10 Å². The number of hydrogen-bond donors (Lipinski definition) is 2. The summed E-state index contributed by atoms with van der Waals surface area (Å²) in [6.07, 6.45) is 4.28. The first-order chi connectivity index (χ1) is 6.27. The molecule has 1 saturated heterocycles. The highest BCUT2D eigenvalue weighted by atomic mass is 35.5. The fourth-order valence-electron chi connectivity index (χ4n) is 1.53. The van der Waals surface area contributed by atoms with Crippen LogP contribution in [-0.2, 0) is 0 Å². The summed E-state index contributed by atoms with van der Waals surface area (Å²) in [5.74, 6) is -0.419. The van der Waals surface area contributed by atoms with Gasteiger partial charge in [0.25, 0.3) is 5.91 Å². The molecule has 7 heteroatoms. The summed E-state index contributed by atoms with van der Waals surface area (Å²) in [7, 11) is 0. The van der Waals surface area contributed by atoms with E-state index in [1.54, 1.807) is 10.9 Å². The van der Waals surface area contributed by atoms with Gasteiger partial charge in [0, 0.05) is 12.7 Å². The van der Waals surface area contributed by atoms with Crippen LogP contribution in [0.4, 0.5) is 0 Å². The number of primary amides is 1. The highest BCUT2D eigenvalue weighted by Crippen LogP contribution is 2.13. The lowest BCUT2D eigenvalue weighted by atomic mass is 10.3. The summed E-state index contributed by atoms with van der Waals surface area (Å²) in [6, 6.07) is 0.369. The van der Waals surface area contributed by atoms with Gasteiger partial charge in [0.05, 0.1) is 17.8 Å². The number of nitrogens with two attached hydrogens (primary N) is 1. The molecule has 15 heavy (non-hydrogen) atoms. The second-order valence-electron chi connectivity index (χ2n) is 3.22. The molecule has 1 amide bonds. The zero-order valence-corrected chi connectivity index (χ0v) is 9.68. The molecule has 0 unspecified atom stereocenters. The van der Waals surface area contributed by atoms with Crippen molar-refractivity contribution in [2.45, 2.75) is 12.5 Å². The fraction of sp³-hybridized carbons (Fsp3) is 0.500. The summed E-state index contributed by atoms with van der Waals surface area (Å²) >= 11 is 0. The number of rotatable bonds is 2. The Bertz CT molecular complexity index is 322. The van der Waals surface area contributed by atoms with Crippen molar-refractivity contribution in [1.29, 1.82) is 0 Å². The Morgan fingerprint density at radius 2 is 2.33 bits per heavy atom. The van der Waals surface area contributed by atoms with Crippen LogP contribution in [0.3, 0.4) is 0 Å². The van der Waals surface area contributed by atoms with Crippen LogP contribution >= 0.6 is 24.8 Å². The number of halogens is 2. The molecule has 0 saturated carbocycles. The van der Waals surface area contributed by atoms with E-state index in [-0.39, 0.29) is 24.8 Å². The summed E-state index contributed by atoms with van der Waals surface area (Å²) < 4.78 is 1.81. The number of carbonyl (C=O) groups excluding carboxylic acids is 1. The molecule has 1 atom stereocenters. The third kappa shape index (κ3) is 3.09. The average molecular weight is 253 g/mol. The predicted molar refractivity (Wildman–Crippen MR) is 61.8 cm³/mol. The molecule has 5 nitrogen and oxygen atoms in total. The number of amides is 1. The minimum Gasteiger partial charge on any atom is -0.366 e. The van der Waals surface area contributed by atoms with Gasteiger partial charge in [0.2, 0.25) is 0 Å². The zero-order chi connectivity index (χ0) is 9.26. The quantitative estimate of drug-likeness (QED) is 0.799. The largest absolute Gasteiger partial charge is 0.366 e. The van der Waals surface area contributed by atoms with E-state index in [4.69, 9.17) is 5.73 Å². The SMILES string of the molecule is Cl.Cl.NC(=O)c1cnn([C@H]2CCNC2)c1. The van der Waals surface area contributed by atoms with Crippen LogP contribution in [0, 0.1) is 0 Å². The van der Waals surface area contributed by atoms with Crippen molar-refractivity contribution >= 4 is 30.7 Å². The van der Waals surface area contributed by atoms with Crippen molar-refractivity contribution in [1.82, 2.24) is 15.1 Å². The smallest absolute Gasteiger partial charge is 0.251 e. The molecule has 1 aliphatic heterocycles. The molecule has 0 radical (unpaired) electrons. The number of carbonyl (C=O) groups is 1. The van der Waals surface area contributed by atoms with Gasteiger partial charge < -0.3 is 11.1 Å². The maximum absolute atomic E-state index is 10.8. The van der Waals surface area contributed by atoms with Crippen LogP contribution in [0.5, 0.6) is 0 Å². The highest BCUT2D eigenvalue weighted by Gasteiger charge is 2.17. The molecule has 86 valence electrons. The van der Waals surface area contributed by atoms with Crippen LogP contribution in [0.25, 0.3) is 0 Å². The standard InChI is InChI=1S/C8H12N4O.2ClH/c9-8(13)6-3-11-12(5-6)7-1-2-10-4-7;;/h3,5,7,10H,1-2,4H2,(H2,9,13);2*1H/t7-;;/m0../s1. The minimum absolute atomic E-state index is 0. The Labute approximate surface area is 100 Å². The van der Waals surface area contributed by atoms with E-state index in [0.717, 1.165) is 19.5 Å². The Balaban J connectivity index is 0.000000980. The summed E-state index contributed by atoms with van der Waals surface area (Å²) in [4.78, 5) is 10.8. The molecule has 0 bridgehead atoms. The number of hydrogen-bond acceptors (Lipinski definition) is 3. The van der Waals surface area contributed by atoms with E-state index in [9.17, 15) is 4.79 Å². The Kier molecular flexibility index (Phi) is 5.64. The van der Waals surface area contributed by atoms with Gasteiger partial charge in [-0.05, 0) is 13.0 Å². The zero-order valence-electron chi connectivity index (χ0n) is 8.05. The molecule has 0 aromatic carbocycles. The summed E-state index contributed by atoms with van der Waals surface area (Å²) in [5, 5.41) is 7.33. The van der Waals surface area contributed by atoms with Gasteiger partial charge in [-0.15, -0.1) is 24.8 Å². The van der Waals surface area contributed by atoms with Crippen molar-refractivity contribution in [2.24, 2.45) is 5.73 Å². The van der Waals surface area contributed by atoms with Gasteiger partial charge in [-0.25, -0.2) is 0 Å². The summed E-state index contributed by atoms with van der Waals surface area (Å²) in [6.45, 7) is 1.93. The van der Waals surface area contributed by atoms with Crippen molar-refractivity contribution in [3.05, 3.63) is 18.0 Å². The van der Waals surface area contributed by atoms with Crippen molar-refractivity contribution < 1.29 is 4.79 Å². The number of aromatic nitrogens is 2. The van der Waals surface area contributed by atoms with Gasteiger partial charge in [0.1, 0.15) is 0 Å². The van der Waals surface area contributed by atoms with Crippen molar-refractivity contribution in [3.63, 3.8) is 0 Å². The van der Waals surface area contributed by atoms with E-state index in [1.807, 2.05) is 0 Å². The third-order valence-electron chi connectivity index (χ3n) is 2.29. The summed E-state index contributed by atoms with van der Waals surface area (Å²) in [5.41, 5.74) is 5.60. The molecule has 1 aromatic rings. The molecule has 0 spiro atoms. The second kappa shape index (κ2) is 5.95. The van der Waals surface area contributed by atoms with E-state index in [1.165, 1.54) is 6.20 Å². The molecule has 1 fully saturated rings. The molecule has 1 aromatic heterocycles. The maximum Gasteiger partial charge on any atom is 0.251 e. The molecule has 3 N–H and O–H groups in total. The van der Waals surface area contributed by atoms with Crippen molar-refractivity contribution in [2.75, 3.05) is 13.1 Å². The van der Waals surface area contributed by atoms with Crippen molar-refractivity contribution in [3.8, 4) is 0 Å². The number of nitrogens with zero attached hydrogens (tertiary/aromatic N) is 2. The molecular weight excluding hydrogens is 239 g/mol. The second-order valence-corrected chi connectivity index (χ2v) is 3.22. The third-order valence-corrected chi connectivity index (χ3v) is 2.29. The first-order valence-corrected chi connectivity index (χ1v) is 4.32. The molecular formula is C8H14Cl2N4O. The molecule has 2 rings (SSSR count). The lowest BCUT2D eigenvalue weighted by Gasteiger charge is -2.07. The van der Waals surface area contributed by atoms with Crippen LogP contribution < -0.4 is 11.1 Å². The Morgan fingerprint density at radius 1 is 1.60 bits per heavy atom. The average Bonchev–Trinajstić information content (AvgIpc) is 2.75. The predicted octanol–water partition coefficient (Wildman–Crippen LogP) is 0.360. The number of nitrogens with one attached hydrogen (secondary N) is 1. The first kappa shape index (κ1) is 14.2. The topological polar surface area (TPSA) is 72.9 Å². The normalized spacial score (nSPS) is 19.1. The molecule has 2 heterocycles. The minimum atomic E-state index is -0.419. The highest BCUT2D eigenvalue weighted by molar-refractivity contribution is 5.92. The van der Waals surface area contributed by atoms with Gasteiger partial charge in [-0.3, -0.25) is 9.48 Å². The van der Waals surface area contributed by atoms with E-state index in [2.05, 4.69) is 10.4 Å². The van der Waals surface area contributed by atoms with Crippen LogP contribution in [0.1, 0.15) is 22.8 Å². The van der Waals surface area contributed by atoms with Crippen LogP contribution in [0.15, 0.2) is 12.4 Å². The monoisotopic (exact) mass is 252 g/mol. The first-order valence-electron chi connectivity index (χ1n) is 4.32. The van der Waals surface area contributed by atoms with Crippen LogP contribution in [-0.4, -0.2) is 28.8 Å². The van der Waals surface area contributed by atoms with E-state index >= 15 is 0 Å². The lowest BCUT2D eigenvalue weighted by molar-refractivity contribution is 0.1000. The lowest BCUT2D eigenvalue weighted by Crippen LogP contribution is -2.14. The maximum atomic E-state index is 10.8. The van der Waals surface area contributed by atoms with E-state index < -0.39 is 5.91 Å². The van der Waals surface area contributed by atoms with Gasteiger partial charge >= 0.3 is 0 Å².